The maximum atomic E-state index is 12.6. The average Bonchev–Trinajstić information content (AvgIpc) is 3.00. The summed E-state index contributed by atoms with van der Waals surface area (Å²) in [5.41, 5.74) is 0.783. The van der Waals surface area contributed by atoms with Crippen LogP contribution in [0.5, 0.6) is 0 Å². The molecule has 0 aliphatic carbocycles. The number of rotatable bonds is 4. The summed E-state index contributed by atoms with van der Waals surface area (Å²) < 4.78 is 1.99. The molecule has 1 saturated heterocycles. The third-order valence-corrected chi connectivity index (χ3v) is 5.08. The number of carbonyl (C=O) groups excluding carboxylic acids is 1. The van der Waals surface area contributed by atoms with Crippen molar-refractivity contribution in [2.24, 2.45) is 5.41 Å². The summed E-state index contributed by atoms with van der Waals surface area (Å²) in [5.74, 6) is 0.363. The van der Waals surface area contributed by atoms with E-state index in [1.54, 1.807) is 11.3 Å². The van der Waals surface area contributed by atoms with Crippen LogP contribution in [0.25, 0.3) is 4.96 Å². The van der Waals surface area contributed by atoms with Gasteiger partial charge in [-0.3, -0.25) is 9.20 Å². The number of hydrogen-bond donors (Lipinski definition) is 1. The molecule has 0 radical (unpaired) electrons. The van der Waals surface area contributed by atoms with Gasteiger partial charge in [-0.1, -0.05) is 6.92 Å². The first-order chi connectivity index (χ1) is 9.23. The van der Waals surface area contributed by atoms with E-state index in [9.17, 15) is 4.79 Å². The minimum atomic E-state index is -0.123. The van der Waals surface area contributed by atoms with Crippen molar-refractivity contribution >= 4 is 22.1 Å². The van der Waals surface area contributed by atoms with E-state index in [2.05, 4.69) is 17.2 Å². The third kappa shape index (κ3) is 2.32. The molecule has 2 aromatic rings. The first-order valence-corrected chi connectivity index (χ1v) is 7.76. The van der Waals surface area contributed by atoms with Gasteiger partial charge in [0, 0.05) is 23.2 Å². The van der Waals surface area contributed by atoms with Crippen LogP contribution < -0.4 is 5.32 Å². The smallest absolute Gasteiger partial charge is 0.193 e. The van der Waals surface area contributed by atoms with Crippen LogP contribution in [-0.2, 0) is 11.2 Å². The zero-order valence-electron chi connectivity index (χ0n) is 11.2. The molecule has 1 fully saturated rings. The largest absolute Gasteiger partial charge is 0.317 e. The lowest BCUT2D eigenvalue weighted by Gasteiger charge is -2.35. The molecule has 0 saturated carbocycles. The van der Waals surface area contributed by atoms with Crippen LogP contribution in [0.1, 0.15) is 31.9 Å². The topological polar surface area (TPSA) is 46.4 Å². The number of piperidine rings is 1. The highest BCUT2D eigenvalue weighted by atomic mass is 32.1. The predicted octanol–water partition coefficient (Wildman–Crippen LogP) is 2.29. The Hall–Kier alpha value is -1.20. The lowest BCUT2D eigenvalue weighted by Crippen LogP contribution is -2.42. The number of thiazole rings is 1. The molecule has 0 bridgehead atoms. The predicted molar refractivity (Wildman–Crippen MR) is 76.6 cm³/mol. The normalized spacial score (nSPS) is 18.8. The van der Waals surface area contributed by atoms with Gasteiger partial charge in [0.15, 0.2) is 4.96 Å². The lowest BCUT2D eigenvalue weighted by atomic mass is 9.72. The third-order valence-electron chi connectivity index (χ3n) is 4.31. The van der Waals surface area contributed by atoms with Gasteiger partial charge < -0.3 is 5.32 Å². The molecular formula is C14H19N3OS. The number of Topliss-reactive ketones (excluding diaryl/α,β-unsaturated/α-hetero) is 1. The van der Waals surface area contributed by atoms with Gasteiger partial charge in [0.25, 0.3) is 0 Å². The standard InChI is InChI=1S/C14H19N3OS/c1-2-14(3-5-15-6-4-14)12(18)9-11-10-17-7-8-19-13(17)16-11/h7-8,10,15H,2-6,9H2,1H3. The molecule has 0 amide bonds. The molecule has 1 aliphatic heterocycles. The molecule has 0 aromatic carbocycles. The molecule has 102 valence electrons. The van der Waals surface area contributed by atoms with Crippen LogP contribution in [0.15, 0.2) is 17.8 Å². The fourth-order valence-electron chi connectivity index (χ4n) is 2.95. The van der Waals surface area contributed by atoms with Gasteiger partial charge in [0.05, 0.1) is 12.1 Å². The maximum absolute atomic E-state index is 12.6. The van der Waals surface area contributed by atoms with Crippen molar-refractivity contribution in [3.05, 3.63) is 23.5 Å². The zero-order chi connectivity index (χ0) is 13.3. The summed E-state index contributed by atoms with van der Waals surface area (Å²) in [5, 5.41) is 5.35. The minimum absolute atomic E-state index is 0.123. The van der Waals surface area contributed by atoms with E-state index in [1.807, 2.05) is 22.2 Å². The summed E-state index contributed by atoms with van der Waals surface area (Å²) in [6.45, 7) is 4.05. The van der Waals surface area contributed by atoms with Crippen molar-refractivity contribution in [2.45, 2.75) is 32.6 Å². The monoisotopic (exact) mass is 277 g/mol. The lowest BCUT2D eigenvalue weighted by molar-refractivity contribution is -0.129. The van der Waals surface area contributed by atoms with E-state index in [4.69, 9.17) is 0 Å². The van der Waals surface area contributed by atoms with Crippen molar-refractivity contribution in [3.8, 4) is 0 Å². The molecule has 0 unspecified atom stereocenters. The number of nitrogens with one attached hydrogen (secondary N) is 1. The fraction of sp³-hybridized carbons (Fsp3) is 0.571. The number of ketones is 1. The van der Waals surface area contributed by atoms with E-state index in [0.717, 1.165) is 43.0 Å². The molecule has 5 heteroatoms. The Bertz CT molecular complexity index is 552. The van der Waals surface area contributed by atoms with Crippen LogP contribution >= 0.6 is 11.3 Å². The first kappa shape index (κ1) is 12.8. The van der Waals surface area contributed by atoms with Gasteiger partial charge in [0.2, 0.25) is 0 Å². The summed E-state index contributed by atoms with van der Waals surface area (Å²) >= 11 is 1.61. The number of nitrogens with zero attached hydrogens (tertiary/aromatic N) is 2. The van der Waals surface area contributed by atoms with E-state index < -0.39 is 0 Å². The molecule has 0 spiro atoms. The number of fused-ring (bicyclic) bond motifs is 1. The highest BCUT2D eigenvalue weighted by Crippen LogP contribution is 2.34. The second-order valence-corrected chi connectivity index (χ2v) is 6.18. The minimum Gasteiger partial charge on any atom is -0.317 e. The average molecular weight is 277 g/mol. The van der Waals surface area contributed by atoms with Crippen molar-refractivity contribution in [1.29, 1.82) is 0 Å². The van der Waals surface area contributed by atoms with E-state index in [0.29, 0.717) is 12.2 Å². The fourth-order valence-corrected chi connectivity index (χ4v) is 3.67. The Balaban J connectivity index is 1.77. The molecule has 4 nitrogen and oxygen atoms in total. The van der Waals surface area contributed by atoms with Gasteiger partial charge in [-0.15, -0.1) is 11.3 Å². The molecule has 3 heterocycles. The number of hydrogen-bond acceptors (Lipinski definition) is 4. The van der Waals surface area contributed by atoms with Gasteiger partial charge >= 0.3 is 0 Å². The van der Waals surface area contributed by atoms with E-state index >= 15 is 0 Å². The molecule has 19 heavy (non-hydrogen) atoms. The van der Waals surface area contributed by atoms with Crippen molar-refractivity contribution < 1.29 is 4.79 Å². The van der Waals surface area contributed by atoms with Gasteiger partial charge in [-0.05, 0) is 32.4 Å². The van der Waals surface area contributed by atoms with Gasteiger partial charge in [-0.25, -0.2) is 4.98 Å². The van der Waals surface area contributed by atoms with Crippen LogP contribution in [0.3, 0.4) is 0 Å². The molecular weight excluding hydrogens is 258 g/mol. The quantitative estimate of drug-likeness (QED) is 0.932. The Kier molecular flexibility index (Phi) is 3.41. The Morgan fingerprint density at radius 2 is 2.32 bits per heavy atom. The van der Waals surface area contributed by atoms with Gasteiger partial charge in [-0.2, -0.15) is 0 Å². The highest BCUT2D eigenvalue weighted by molar-refractivity contribution is 7.15. The van der Waals surface area contributed by atoms with E-state index in [-0.39, 0.29) is 5.41 Å². The Labute approximate surface area is 116 Å². The second kappa shape index (κ2) is 5.06. The Morgan fingerprint density at radius 1 is 1.53 bits per heavy atom. The zero-order valence-corrected chi connectivity index (χ0v) is 12.0. The number of carbonyl (C=O) groups is 1. The molecule has 1 aliphatic rings. The first-order valence-electron chi connectivity index (χ1n) is 6.89. The SMILES string of the molecule is CCC1(C(=O)Cc2cn3ccsc3n2)CCNCC1. The van der Waals surface area contributed by atoms with E-state index in [1.165, 1.54) is 0 Å². The molecule has 0 atom stereocenters. The molecule has 1 N–H and O–H groups in total. The van der Waals surface area contributed by atoms with Crippen molar-refractivity contribution in [3.63, 3.8) is 0 Å². The van der Waals surface area contributed by atoms with Crippen LogP contribution in [0, 0.1) is 5.41 Å². The highest BCUT2D eigenvalue weighted by Gasteiger charge is 2.37. The number of imidazole rings is 1. The maximum Gasteiger partial charge on any atom is 0.193 e. The molecule has 3 rings (SSSR count). The summed E-state index contributed by atoms with van der Waals surface area (Å²) in [7, 11) is 0. The summed E-state index contributed by atoms with van der Waals surface area (Å²) in [6, 6.07) is 0. The Morgan fingerprint density at radius 3 is 3.00 bits per heavy atom. The second-order valence-electron chi connectivity index (χ2n) is 5.31. The van der Waals surface area contributed by atoms with Crippen LogP contribution in [-0.4, -0.2) is 28.3 Å². The molecule has 2 aromatic heterocycles. The summed E-state index contributed by atoms with van der Waals surface area (Å²) in [6.07, 6.45) is 7.31. The van der Waals surface area contributed by atoms with Gasteiger partial charge in [0.1, 0.15) is 5.78 Å². The van der Waals surface area contributed by atoms with Crippen LogP contribution in [0.2, 0.25) is 0 Å². The van der Waals surface area contributed by atoms with Crippen molar-refractivity contribution in [1.82, 2.24) is 14.7 Å². The van der Waals surface area contributed by atoms with Crippen molar-refractivity contribution in [2.75, 3.05) is 13.1 Å². The van der Waals surface area contributed by atoms with Crippen LogP contribution in [0.4, 0.5) is 0 Å². The number of aromatic nitrogens is 2. The summed E-state index contributed by atoms with van der Waals surface area (Å²) in [4.78, 5) is 18.1.